The van der Waals surface area contributed by atoms with Gasteiger partial charge in [-0.3, -0.25) is 0 Å². The Kier molecular flexibility index (Phi) is 3.60. The lowest BCUT2D eigenvalue weighted by Gasteiger charge is -2.20. The normalized spacial score (nSPS) is 14.4. The highest BCUT2D eigenvalue weighted by atomic mass is 15.2. The molecule has 2 N–H and O–H groups in total. The maximum absolute atomic E-state index is 5.60. The van der Waals surface area contributed by atoms with Crippen LogP contribution in [-0.4, -0.2) is 23.1 Å². The van der Waals surface area contributed by atoms with Crippen LogP contribution >= 0.6 is 0 Å². The molecule has 1 fully saturated rings. The van der Waals surface area contributed by atoms with E-state index in [4.69, 9.17) is 12.2 Å². The zero-order valence-electron chi connectivity index (χ0n) is 10.2. The minimum absolute atomic E-state index is 0.476. The Labute approximate surface area is 102 Å². The van der Waals surface area contributed by atoms with Crippen LogP contribution in [0.5, 0.6) is 0 Å². The zero-order chi connectivity index (χ0) is 12.3. The summed E-state index contributed by atoms with van der Waals surface area (Å²) in [5.41, 5.74) is 7.53. The Bertz CT molecular complexity index is 432. The third kappa shape index (κ3) is 2.95. The molecule has 1 aliphatic carbocycles. The molecule has 0 spiro atoms. The van der Waals surface area contributed by atoms with E-state index in [0.29, 0.717) is 13.1 Å². The van der Waals surface area contributed by atoms with Crippen molar-refractivity contribution in [2.45, 2.75) is 26.3 Å². The molecule has 1 saturated carbocycles. The average molecular weight is 230 g/mol. The maximum Gasteiger partial charge on any atom is 0.226 e. The fraction of sp³-hybridized carbons (Fsp3) is 0.538. The molecule has 90 valence electrons. The van der Waals surface area contributed by atoms with Gasteiger partial charge in [-0.15, -0.1) is 6.42 Å². The maximum atomic E-state index is 5.60. The molecular weight excluding hydrogens is 212 g/mol. The van der Waals surface area contributed by atoms with Crippen molar-refractivity contribution in [3.63, 3.8) is 0 Å². The number of hydrogen-bond donors (Lipinski definition) is 1. The highest BCUT2D eigenvalue weighted by Crippen LogP contribution is 2.30. The molecule has 4 heteroatoms. The Hall–Kier alpha value is -1.60. The molecule has 1 aromatic heterocycles. The van der Waals surface area contributed by atoms with Gasteiger partial charge in [-0.25, -0.2) is 9.97 Å². The van der Waals surface area contributed by atoms with Crippen LogP contribution in [0.25, 0.3) is 0 Å². The van der Waals surface area contributed by atoms with Crippen molar-refractivity contribution in [1.82, 2.24) is 9.97 Å². The van der Waals surface area contributed by atoms with E-state index >= 15 is 0 Å². The Morgan fingerprint density at radius 3 is 2.88 bits per heavy atom. The largest absolute Gasteiger partial charge is 0.329 e. The molecule has 17 heavy (non-hydrogen) atoms. The van der Waals surface area contributed by atoms with Gasteiger partial charge in [-0.2, -0.15) is 0 Å². The first kappa shape index (κ1) is 11.9. The van der Waals surface area contributed by atoms with Gasteiger partial charge < -0.3 is 10.6 Å². The summed E-state index contributed by atoms with van der Waals surface area (Å²) in [5.74, 6) is 4.16. The van der Waals surface area contributed by atoms with E-state index in [9.17, 15) is 0 Å². The predicted octanol–water partition coefficient (Wildman–Crippen LogP) is 1.09. The number of nitrogens with zero attached hydrogens (tertiary/aromatic N) is 3. The number of hydrogen-bond acceptors (Lipinski definition) is 4. The summed E-state index contributed by atoms with van der Waals surface area (Å²) < 4.78 is 0. The summed E-state index contributed by atoms with van der Waals surface area (Å²) in [4.78, 5) is 10.9. The van der Waals surface area contributed by atoms with Gasteiger partial charge in [-0.1, -0.05) is 5.92 Å². The SMILES string of the molecule is C#CCN(CC1CC1)c1ncc(CN)c(C)n1. The molecule has 0 bridgehead atoms. The number of rotatable bonds is 5. The van der Waals surface area contributed by atoms with Crippen LogP contribution < -0.4 is 10.6 Å². The van der Waals surface area contributed by atoms with Crippen molar-refractivity contribution in [1.29, 1.82) is 0 Å². The fourth-order valence-electron chi connectivity index (χ4n) is 1.77. The zero-order valence-corrected chi connectivity index (χ0v) is 10.2. The first-order valence-corrected chi connectivity index (χ1v) is 5.95. The van der Waals surface area contributed by atoms with Gasteiger partial charge in [0.2, 0.25) is 5.95 Å². The van der Waals surface area contributed by atoms with Crippen molar-refractivity contribution >= 4 is 5.95 Å². The van der Waals surface area contributed by atoms with Crippen molar-refractivity contribution in [2.24, 2.45) is 11.7 Å². The molecule has 0 aliphatic heterocycles. The summed E-state index contributed by atoms with van der Waals surface area (Å²) in [6.07, 6.45) is 9.77. The lowest BCUT2D eigenvalue weighted by atomic mass is 10.2. The monoisotopic (exact) mass is 230 g/mol. The summed E-state index contributed by atoms with van der Waals surface area (Å²) in [6, 6.07) is 0. The van der Waals surface area contributed by atoms with Crippen LogP contribution in [0.3, 0.4) is 0 Å². The van der Waals surface area contributed by atoms with Crippen LogP contribution in [0.15, 0.2) is 6.20 Å². The molecule has 2 rings (SSSR count). The summed E-state index contributed by atoms with van der Waals surface area (Å²) in [6.45, 7) is 3.96. The molecular formula is C13H18N4. The number of terminal acetylenes is 1. The van der Waals surface area contributed by atoms with Gasteiger partial charge in [0.25, 0.3) is 0 Å². The van der Waals surface area contributed by atoms with Crippen molar-refractivity contribution in [3.8, 4) is 12.3 Å². The van der Waals surface area contributed by atoms with Crippen LogP contribution in [0.4, 0.5) is 5.95 Å². The van der Waals surface area contributed by atoms with Crippen LogP contribution in [-0.2, 0) is 6.54 Å². The van der Waals surface area contributed by atoms with Gasteiger partial charge in [0.1, 0.15) is 0 Å². The van der Waals surface area contributed by atoms with E-state index in [1.165, 1.54) is 12.8 Å². The standard InChI is InChI=1S/C13H18N4/c1-3-6-17(9-11-4-5-11)13-15-8-12(7-14)10(2)16-13/h1,8,11H,4-7,9,14H2,2H3. The quantitative estimate of drug-likeness (QED) is 0.769. The smallest absolute Gasteiger partial charge is 0.226 e. The van der Waals surface area contributed by atoms with Gasteiger partial charge in [0.05, 0.1) is 6.54 Å². The summed E-state index contributed by atoms with van der Waals surface area (Å²) in [5, 5.41) is 0. The second kappa shape index (κ2) is 5.15. The molecule has 0 aromatic carbocycles. The van der Waals surface area contributed by atoms with E-state index in [1.807, 2.05) is 6.92 Å². The Balaban J connectivity index is 2.16. The first-order chi connectivity index (χ1) is 8.24. The number of nitrogens with two attached hydrogens (primary N) is 1. The third-order valence-electron chi connectivity index (χ3n) is 3.03. The van der Waals surface area contributed by atoms with Gasteiger partial charge in [-0.05, 0) is 25.7 Å². The molecule has 0 unspecified atom stereocenters. The Morgan fingerprint density at radius 2 is 2.35 bits per heavy atom. The predicted molar refractivity (Wildman–Crippen MR) is 68.4 cm³/mol. The second-order valence-corrected chi connectivity index (χ2v) is 4.51. The fourth-order valence-corrected chi connectivity index (χ4v) is 1.77. The highest BCUT2D eigenvalue weighted by Gasteiger charge is 2.25. The number of aryl methyl sites for hydroxylation is 1. The molecule has 1 aliphatic rings. The van der Waals surface area contributed by atoms with Gasteiger partial charge in [0, 0.05) is 30.5 Å². The van der Waals surface area contributed by atoms with Crippen LogP contribution in [0.1, 0.15) is 24.1 Å². The van der Waals surface area contributed by atoms with E-state index in [-0.39, 0.29) is 0 Å². The van der Waals surface area contributed by atoms with E-state index in [2.05, 4.69) is 20.8 Å². The highest BCUT2D eigenvalue weighted by molar-refractivity contribution is 5.35. The van der Waals surface area contributed by atoms with Crippen molar-refractivity contribution in [2.75, 3.05) is 18.0 Å². The van der Waals surface area contributed by atoms with Crippen molar-refractivity contribution < 1.29 is 0 Å². The minimum Gasteiger partial charge on any atom is -0.329 e. The Morgan fingerprint density at radius 1 is 1.59 bits per heavy atom. The molecule has 0 atom stereocenters. The first-order valence-electron chi connectivity index (χ1n) is 5.95. The molecule has 1 aromatic rings. The molecule has 0 radical (unpaired) electrons. The summed E-state index contributed by atoms with van der Waals surface area (Å²) >= 11 is 0. The van der Waals surface area contributed by atoms with Gasteiger partial charge >= 0.3 is 0 Å². The van der Waals surface area contributed by atoms with E-state index in [0.717, 1.165) is 29.7 Å². The van der Waals surface area contributed by atoms with E-state index < -0.39 is 0 Å². The minimum atomic E-state index is 0.476. The lowest BCUT2D eigenvalue weighted by Crippen LogP contribution is -2.28. The van der Waals surface area contributed by atoms with E-state index in [1.54, 1.807) is 6.20 Å². The van der Waals surface area contributed by atoms with Crippen LogP contribution in [0.2, 0.25) is 0 Å². The molecule has 4 nitrogen and oxygen atoms in total. The number of anilines is 1. The summed E-state index contributed by atoms with van der Waals surface area (Å²) in [7, 11) is 0. The third-order valence-corrected chi connectivity index (χ3v) is 3.03. The molecule has 0 amide bonds. The van der Waals surface area contributed by atoms with Gasteiger partial charge in [0.15, 0.2) is 0 Å². The average Bonchev–Trinajstić information content (AvgIpc) is 3.12. The lowest BCUT2D eigenvalue weighted by molar-refractivity contribution is 0.737. The topological polar surface area (TPSA) is 55.0 Å². The second-order valence-electron chi connectivity index (χ2n) is 4.51. The number of aromatic nitrogens is 2. The molecule has 0 saturated heterocycles. The van der Waals surface area contributed by atoms with Crippen LogP contribution in [0, 0.1) is 25.2 Å². The molecule has 1 heterocycles. The van der Waals surface area contributed by atoms with Crippen molar-refractivity contribution in [3.05, 3.63) is 17.5 Å².